The van der Waals surface area contributed by atoms with Crippen molar-refractivity contribution in [3.8, 4) is 0 Å². The highest BCUT2D eigenvalue weighted by molar-refractivity contribution is 6.33. The summed E-state index contributed by atoms with van der Waals surface area (Å²) in [5.41, 5.74) is 0.337. The molecule has 1 heterocycles. The molecule has 98 valence electrons. The van der Waals surface area contributed by atoms with Gasteiger partial charge in [-0.2, -0.15) is 0 Å². The Morgan fingerprint density at radius 2 is 2.11 bits per heavy atom. The summed E-state index contributed by atoms with van der Waals surface area (Å²) in [6, 6.07) is 4.03. The lowest BCUT2D eigenvalue weighted by molar-refractivity contribution is -0.884. The molecule has 1 fully saturated rings. The van der Waals surface area contributed by atoms with E-state index in [1.165, 1.54) is 17.0 Å². The Bertz CT molecular complexity index is 445. The number of likely N-dealkylation sites (tertiary alicyclic amines) is 1. The Morgan fingerprint density at radius 3 is 2.72 bits per heavy atom. The lowest BCUT2D eigenvalue weighted by atomic mass is 10.0. The van der Waals surface area contributed by atoms with Crippen LogP contribution in [0.3, 0.4) is 0 Å². The molecule has 0 bridgehead atoms. The van der Waals surface area contributed by atoms with E-state index in [2.05, 4.69) is 12.4 Å². The van der Waals surface area contributed by atoms with Crippen LogP contribution < -0.4 is 10.2 Å². The van der Waals surface area contributed by atoms with Crippen LogP contribution in [0.25, 0.3) is 0 Å². The normalized spacial score (nSPS) is 23.7. The largest absolute Gasteiger partial charge is 0.349 e. The Labute approximate surface area is 111 Å². The van der Waals surface area contributed by atoms with Gasteiger partial charge in [0.05, 0.1) is 30.7 Å². The van der Waals surface area contributed by atoms with Crippen LogP contribution in [-0.2, 0) is 0 Å². The van der Waals surface area contributed by atoms with Gasteiger partial charge in [-0.1, -0.05) is 11.6 Å². The first-order valence-corrected chi connectivity index (χ1v) is 6.51. The minimum absolute atomic E-state index is 0.158. The first-order chi connectivity index (χ1) is 8.56. The van der Waals surface area contributed by atoms with Crippen LogP contribution in [0, 0.1) is 5.82 Å². The van der Waals surface area contributed by atoms with Crippen LogP contribution in [0.1, 0.15) is 23.2 Å². The third-order valence-electron chi connectivity index (χ3n) is 3.35. The number of rotatable bonds is 2. The van der Waals surface area contributed by atoms with E-state index >= 15 is 0 Å². The number of amides is 1. The van der Waals surface area contributed by atoms with E-state index in [9.17, 15) is 9.18 Å². The van der Waals surface area contributed by atoms with Gasteiger partial charge in [0.15, 0.2) is 0 Å². The summed E-state index contributed by atoms with van der Waals surface area (Å²) in [5, 5.41) is 3.12. The van der Waals surface area contributed by atoms with Gasteiger partial charge in [-0.25, -0.2) is 4.39 Å². The Balaban J connectivity index is 1.99. The van der Waals surface area contributed by atoms with E-state index in [-0.39, 0.29) is 17.0 Å². The molecule has 0 saturated carbocycles. The summed E-state index contributed by atoms with van der Waals surface area (Å²) < 4.78 is 12.9. The van der Waals surface area contributed by atoms with Crippen molar-refractivity contribution in [2.75, 3.05) is 20.1 Å². The SMILES string of the molecule is C[NH+]1CCC(NC(=O)c2ccc(F)cc2Cl)CC1. The monoisotopic (exact) mass is 271 g/mol. The lowest BCUT2D eigenvalue weighted by Gasteiger charge is -2.27. The van der Waals surface area contributed by atoms with Gasteiger partial charge >= 0.3 is 0 Å². The van der Waals surface area contributed by atoms with E-state index in [0.717, 1.165) is 32.0 Å². The van der Waals surface area contributed by atoms with Crippen molar-refractivity contribution in [2.45, 2.75) is 18.9 Å². The van der Waals surface area contributed by atoms with Crippen LogP contribution in [0.2, 0.25) is 5.02 Å². The standard InChI is InChI=1S/C13H16ClFN2O/c1-17-6-4-10(5-7-17)16-13(18)11-3-2-9(15)8-12(11)14/h2-3,8,10H,4-7H2,1H3,(H,16,18)/p+1. The van der Waals surface area contributed by atoms with Crippen molar-refractivity contribution < 1.29 is 14.1 Å². The molecule has 3 nitrogen and oxygen atoms in total. The number of halogens is 2. The molecule has 0 aromatic heterocycles. The van der Waals surface area contributed by atoms with Crippen molar-refractivity contribution >= 4 is 17.5 Å². The van der Waals surface area contributed by atoms with Gasteiger partial charge in [-0.05, 0) is 18.2 Å². The highest BCUT2D eigenvalue weighted by Crippen LogP contribution is 2.17. The molecule has 18 heavy (non-hydrogen) atoms. The van der Waals surface area contributed by atoms with E-state index in [4.69, 9.17) is 11.6 Å². The van der Waals surface area contributed by atoms with E-state index < -0.39 is 5.82 Å². The van der Waals surface area contributed by atoms with E-state index in [0.29, 0.717) is 5.56 Å². The second-order valence-corrected chi connectivity index (χ2v) is 5.24. The Hall–Kier alpha value is -1.13. The summed E-state index contributed by atoms with van der Waals surface area (Å²) in [5.74, 6) is -0.649. The summed E-state index contributed by atoms with van der Waals surface area (Å²) in [4.78, 5) is 13.5. The molecule has 0 radical (unpaired) electrons. The first kappa shape index (κ1) is 13.3. The summed E-state index contributed by atoms with van der Waals surface area (Å²) in [6.07, 6.45) is 1.94. The predicted molar refractivity (Wildman–Crippen MR) is 68.5 cm³/mol. The van der Waals surface area contributed by atoms with Crippen LogP contribution in [-0.4, -0.2) is 32.1 Å². The third-order valence-corrected chi connectivity index (χ3v) is 3.66. The molecular weight excluding hydrogens is 255 g/mol. The molecule has 0 unspecified atom stereocenters. The minimum atomic E-state index is -0.431. The van der Waals surface area contributed by atoms with Crippen molar-refractivity contribution in [2.24, 2.45) is 0 Å². The molecule has 1 aliphatic heterocycles. The molecular formula is C13H17ClFN2O+. The fourth-order valence-corrected chi connectivity index (χ4v) is 2.44. The number of hydrogen-bond donors (Lipinski definition) is 2. The number of benzene rings is 1. The molecule has 1 amide bonds. The topological polar surface area (TPSA) is 33.5 Å². The predicted octanol–water partition coefficient (Wildman–Crippen LogP) is 0.886. The van der Waals surface area contributed by atoms with Gasteiger partial charge in [0, 0.05) is 18.9 Å². The smallest absolute Gasteiger partial charge is 0.253 e. The number of piperidine rings is 1. The van der Waals surface area contributed by atoms with Crippen molar-refractivity contribution in [3.05, 3.63) is 34.6 Å². The van der Waals surface area contributed by atoms with Crippen molar-refractivity contribution in [1.82, 2.24) is 5.32 Å². The van der Waals surface area contributed by atoms with Crippen molar-refractivity contribution in [3.63, 3.8) is 0 Å². The first-order valence-electron chi connectivity index (χ1n) is 6.13. The number of quaternary nitrogens is 1. The lowest BCUT2D eigenvalue weighted by Crippen LogP contribution is -3.10. The average Bonchev–Trinajstić information content (AvgIpc) is 2.32. The summed E-state index contributed by atoms with van der Waals surface area (Å²) in [6.45, 7) is 2.12. The number of carbonyl (C=O) groups is 1. The summed E-state index contributed by atoms with van der Waals surface area (Å²) >= 11 is 5.86. The number of carbonyl (C=O) groups excluding carboxylic acids is 1. The highest BCUT2D eigenvalue weighted by atomic mass is 35.5. The van der Waals surface area contributed by atoms with Gasteiger partial charge < -0.3 is 10.2 Å². The van der Waals surface area contributed by atoms with Gasteiger partial charge in [-0.15, -0.1) is 0 Å². The van der Waals surface area contributed by atoms with Gasteiger partial charge in [-0.3, -0.25) is 4.79 Å². The minimum Gasteiger partial charge on any atom is -0.349 e. The fourth-order valence-electron chi connectivity index (χ4n) is 2.19. The molecule has 2 N–H and O–H groups in total. The van der Waals surface area contributed by atoms with Gasteiger partial charge in [0.1, 0.15) is 5.82 Å². The zero-order valence-electron chi connectivity index (χ0n) is 10.3. The van der Waals surface area contributed by atoms with Crippen LogP contribution in [0.5, 0.6) is 0 Å². The van der Waals surface area contributed by atoms with E-state index in [1.54, 1.807) is 0 Å². The van der Waals surface area contributed by atoms with E-state index in [1.807, 2.05) is 0 Å². The molecule has 2 rings (SSSR count). The van der Waals surface area contributed by atoms with Crippen LogP contribution >= 0.6 is 11.6 Å². The molecule has 1 aromatic rings. The third kappa shape index (κ3) is 3.21. The quantitative estimate of drug-likeness (QED) is 0.823. The van der Waals surface area contributed by atoms with Crippen LogP contribution in [0.15, 0.2) is 18.2 Å². The Kier molecular flexibility index (Phi) is 4.19. The second-order valence-electron chi connectivity index (χ2n) is 4.83. The molecule has 0 aliphatic carbocycles. The summed E-state index contributed by atoms with van der Waals surface area (Å²) in [7, 11) is 2.15. The maximum absolute atomic E-state index is 12.9. The molecule has 1 saturated heterocycles. The number of hydrogen-bond acceptors (Lipinski definition) is 1. The molecule has 1 aromatic carbocycles. The fraction of sp³-hybridized carbons (Fsp3) is 0.462. The molecule has 5 heteroatoms. The van der Waals surface area contributed by atoms with Gasteiger partial charge in [0.25, 0.3) is 5.91 Å². The van der Waals surface area contributed by atoms with Crippen LogP contribution in [0.4, 0.5) is 4.39 Å². The van der Waals surface area contributed by atoms with Crippen molar-refractivity contribution in [1.29, 1.82) is 0 Å². The molecule has 0 spiro atoms. The maximum Gasteiger partial charge on any atom is 0.253 e. The molecule has 1 aliphatic rings. The number of nitrogens with one attached hydrogen (secondary N) is 2. The Morgan fingerprint density at radius 1 is 1.44 bits per heavy atom. The van der Waals surface area contributed by atoms with Gasteiger partial charge in [0.2, 0.25) is 0 Å². The average molecular weight is 272 g/mol. The zero-order chi connectivity index (χ0) is 13.1. The maximum atomic E-state index is 12.9. The zero-order valence-corrected chi connectivity index (χ0v) is 11.1. The highest BCUT2D eigenvalue weighted by Gasteiger charge is 2.22. The molecule has 0 atom stereocenters. The second kappa shape index (κ2) is 5.67.